The minimum absolute atomic E-state index is 0.0446. The number of pyridine rings is 1. The Morgan fingerprint density at radius 2 is 1.81 bits per heavy atom. The predicted molar refractivity (Wildman–Crippen MR) is 99.3 cm³/mol. The number of likely N-dealkylation sites (tertiary alicyclic amines) is 1. The van der Waals surface area contributed by atoms with Gasteiger partial charge in [0.15, 0.2) is 0 Å². The van der Waals surface area contributed by atoms with Gasteiger partial charge in [0.25, 0.3) is 5.91 Å². The number of hydrogen-bond acceptors (Lipinski definition) is 3. The first-order valence-electron chi connectivity index (χ1n) is 8.98. The van der Waals surface area contributed by atoms with Crippen LogP contribution >= 0.6 is 0 Å². The van der Waals surface area contributed by atoms with Crippen LogP contribution in [-0.2, 0) is 6.54 Å². The van der Waals surface area contributed by atoms with E-state index in [9.17, 15) is 9.59 Å². The molecule has 3 N–H and O–H groups in total. The van der Waals surface area contributed by atoms with Gasteiger partial charge in [-0.15, -0.1) is 0 Å². The number of nitrogens with one attached hydrogen (secondary N) is 1. The molecule has 0 saturated carbocycles. The fraction of sp³-hybridized carbons (Fsp3) is 0.350. The highest BCUT2D eigenvalue weighted by Crippen LogP contribution is 2.31. The molecular formula is C20H24N4O2. The predicted octanol–water partition coefficient (Wildman–Crippen LogP) is 3.01. The Morgan fingerprint density at radius 3 is 2.50 bits per heavy atom. The third kappa shape index (κ3) is 4.39. The molecule has 3 rings (SSSR count). The summed E-state index contributed by atoms with van der Waals surface area (Å²) in [5.41, 5.74) is 7.79. The van der Waals surface area contributed by atoms with Crippen molar-refractivity contribution < 1.29 is 9.59 Å². The van der Waals surface area contributed by atoms with Crippen LogP contribution in [0.25, 0.3) is 0 Å². The average Bonchev–Trinajstić information content (AvgIpc) is 2.93. The van der Waals surface area contributed by atoms with Crippen molar-refractivity contribution >= 4 is 11.9 Å². The molecule has 2 heterocycles. The minimum Gasteiger partial charge on any atom is -0.352 e. The maximum absolute atomic E-state index is 13.1. The molecule has 1 saturated heterocycles. The Morgan fingerprint density at radius 1 is 1.08 bits per heavy atom. The summed E-state index contributed by atoms with van der Waals surface area (Å²) in [6, 6.07) is 10.8. The molecule has 6 heteroatoms. The van der Waals surface area contributed by atoms with E-state index in [-0.39, 0.29) is 11.9 Å². The molecule has 3 amide bonds. The van der Waals surface area contributed by atoms with Crippen molar-refractivity contribution in [3.05, 3.63) is 65.5 Å². The highest BCUT2D eigenvalue weighted by atomic mass is 16.2. The van der Waals surface area contributed by atoms with Crippen LogP contribution in [-0.4, -0.2) is 28.4 Å². The number of amides is 3. The van der Waals surface area contributed by atoms with E-state index in [2.05, 4.69) is 10.3 Å². The van der Waals surface area contributed by atoms with E-state index >= 15 is 0 Å². The van der Waals surface area contributed by atoms with Crippen LogP contribution in [0.2, 0.25) is 0 Å². The van der Waals surface area contributed by atoms with Crippen LogP contribution in [0.5, 0.6) is 0 Å². The van der Waals surface area contributed by atoms with Gasteiger partial charge in [0.1, 0.15) is 0 Å². The molecule has 1 aromatic carbocycles. The van der Waals surface area contributed by atoms with Crippen LogP contribution in [0.4, 0.5) is 4.79 Å². The van der Waals surface area contributed by atoms with Crippen LogP contribution in [0.1, 0.15) is 53.2 Å². The summed E-state index contributed by atoms with van der Waals surface area (Å²) in [6.45, 7) is 1.12. The molecule has 0 unspecified atom stereocenters. The van der Waals surface area contributed by atoms with Crippen molar-refractivity contribution in [2.24, 2.45) is 5.73 Å². The van der Waals surface area contributed by atoms with E-state index in [0.717, 1.165) is 43.4 Å². The Labute approximate surface area is 153 Å². The Kier molecular flexibility index (Phi) is 5.84. The van der Waals surface area contributed by atoms with Crippen molar-refractivity contribution in [3.8, 4) is 0 Å². The molecule has 1 aliphatic rings. The van der Waals surface area contributed by atoms with Crippen molar-refractivity contribution in [1.29, 1.82) is 0 Å². The van der Waals surface area contributed by atoms with E-state index in [1.165, 1.54) is 0 Å². The number of urea groups is 1. The lowest BCUT2D eigenvalue weighted by molar-refractivity contribution is 0.0681. The molecule has 6 nitrogen and oxygen atoms in total. The molecule has 1 fully saturated rings. The molecule has 1 atom stereocenters. The summed E-state index contributed by atoms with van der Waals surface area (Å²) in [5.74, 6) is 0.0446. The lowest BCUT2D eigenvalue weighted by Gasteiger charge is -2.30. The first-order chi connectivity index (χ1) is 12.6. The van der Waals surface area contributed by atoms with Gasteiger partial charge in [-0.1, -0.05) is 25.0 Å². The summed E-state index contributed by atoms with van der Waals surface area (Å²) in [7, 11) is 0. The van der Waals surface area contributed by atoms with Gasteiger partial charge in [0.2, 0.25) is 0 Å². The fourth-order valence-corrected chi connectivity index (χ4v) is 3.40. The third-order valence-electron chi connectivity index (χ3n) is 4.77. The molecule has 0 radical (unpaired) electrons. The molecule has 2 aromatic rings. The van der Waals surface area contributed by atoms with Gasteiger partial charge in [-0.05, 0) is 48.2 Å². The zero-order chi connectivity index (χ0) is 18.4. The second-order valence-electron chi connectivity index (χ2n) is 6.56. The number of nitrogens with zero attached hydrogens (tertiary/aromatic N) is 2. The first-order valence-corrected chi connectivity index (χ1v) is 8.98. The topological polar surface area (TPSA) is 88.3 Å². The van der Waals surface area contributed by atoms with E-state index in [4.69, 9.17) is 5.73 Å². The number of carbonyl (C=O) groups excluding carboxylic acids is 2. The molecule has 136 valence electrons. The van der Waals surface area contributed by atoms with Gasteiger partial charge in [0.05, 0.1) is 6.04 Å². The van der Waals surface area contributed by atoms with Gasteiger partial charge in [-0.25, -0.2) is 4.79 Å². The second kappa shape index (κ2) is 8.47. The number of rotatable bonds is 4. The van der Waals surface area contributed by atoms with Crippen LogP contribution < -0.4 is 11.1 Å². The summed E-state index contributed by atoms with van der Waals surface area (Å²) >= 11 is 0. The third-order valence-corrected chi connectivity index (χ3v) is 4.77. The Balaban J connectivity index is 1.78. The monoisotopic (exact) mass is 352 g/mol. The molecule has 26 heavy (non-hydrogen) atoms. The van der Waals surface area contributed by atoms with Gasteiger partial charge >= 0.3 is 6.03 Å². The fourth-order valence-electron chi connectivity index (χ4n) is 3.40. The van der Waals surface area contributed by atoms with Gasteiger partial charge < -0.3 is 16.0 Å². The number of primary amides is 1. The molecule has 0 aliphatic carbocycles. The Hall–Kier alpha value is -2.89. The van der Waals surface area contributed by atoms with Crippen molar-refractivity contribution in [1.82, 2.24) is 15.2 Å². The molecule has 0 bridgehead atoms. The van der Waals surface area contributed by atoms with Crippen LogP contribution in [0.15, 0.2) is 48.8 Å². The quantitative estimate of drug-likeness (QED) is 0.886. The summed E-state index contributed by atoms with van der Waals surface area (Å²) < 4.78 is 0. The summed E-state index contributed by atoms with van der Waals surface area (Å²) in [6.07, 6.45) is 7.81. The van der Waals surface area contributed by atoms with Crippen LogP contribution in [0, 0.1) is 0 Å². The lowest BCUT2D eigenvalue weighted by Crippen LogP contribution is -2.34. The maximum atomic E-state index is 13.1. The van der Waals surface area contributed by atoms with Crippen molar-refractivity contribution in [3.63, 3.8) is 0 Å². The normalized spacial score (nSPS) is 17.4. The Bertz CT molecular complexity index is 746. The highest BCUT2D eigenvalue weighted by molar-refractivity contribution is 5.94. The second-order valence-corrected chi connectivity index (χ2v) is 6.56. The average molecular weight is 352 g/mol. The molecule has 1 aliphatic heterocycles. The summed E-state index contributed by atoms with van der Waals surface area (Å²) in [4.78, 5) is 30.0. The standard InChI is InChI=1S/C20H24N4O2/c21-20(26)23-14-15-5-7-17(8-6-15)19(25)24-13-3-1-2-4-18(24)16-9-11-22-12-10-16/h5-12,18H,1-4,13-14H2,(H3,21,23,26)/t18-/m1/s1. The van der Waals surface area contributed by atoms with Gasteiger partial charge in [-0.3, -0.25) is 9.78 Å². The first kappa shape index (κ1) is 17.9. The number of aromatic nitrogens is 1. The van der Waals surface area contributed by atoms with Crippen molar-refractivity contribution in [2.75, 3.05) is 6.54 Å². The highest BCUT2D eigenvalue weighted by Gasteiger charge is 2.27. The van der Waals surface area contributed by atoms with E-state index in [1.807, 2.05) is 41.3 Å². The molecule has 1 aromatic heterocycles. The smallest absolute Gasteiger partial charge is 0.312 e. The number of nitrogens with two attached hydrogens (primary N) is 1. The SMILES string of the molecule is NC(=O)NCc1ccc(C(=O)N2CCCCC[C@@H]2c2ccncc2)cc1. The lowest BCUT2D eigenvalue weighted by atomic mass is 10.0. The molecule has 0 spiro atoms. The summed E-state index contributed by atoms with van der Waals surface area (Å²) in [5, 5.41) is 2.55. The largest absolute Gasteiger partial charge is 0.352 e. The zero-order valence-corrected chi connectivity index (χ0v) is 14.7. The number of benzene rings is 1. The number of carbonyl (C=O) groups is 2. The van der Waals surface area contributed by atoms with Crippen molar-refractivity contribution in [2.45, 2.75) is 38.3 Å². The molecular weight excluding hydrogens is 328 g/mol. The van der Waals surface area contributed by atoms with Gasteiger partial charge in [-0.2, -0.15) is 0 Å². The number of hydrogen-bond donors (Lipinski definition) is 2. The van der Waals surface area contributed by atoms with Gasteiger partial charge in [0, 0.05) is 31.0 Å². The van der Waals surface area contributed by atoms with E-state index in [1.54, 1.807) is 12.4 Å². The minimum atomic E-state index is -0.560. The van der Waals surface area contributed by atoms with E-state index < -0.39 is 6.03 Å². The van der Waals surface area contributed by atoms with Crippen LogP contribution in [0.3, 0.4) is 0 Å². The maximum Gasteiger partial charge on any atom is 0.312 e. The zero-order valence-electron chi connectivity index (χ0n) is 14.7. The van der Waals surface area contributed by atoms with E-state index in [0.29, 0.717) is 12.1 Å².